The van der Waals surface area contributed by atoms with Gasteiger partial charge in [0.05, 0.1) is 24.0 Å². The summed E-state index contributed by atoms with van der Waals surface area (Å²) in [6.45, 7) is 6.88. The zero-order valence-corrected chi connectivity index (χ0v) is 21.2. The molecular formula is C25H27N3O3SSi. The molecule has 0 bridgehead atoms. The van der Waals surface area contributed by atoms with Gasteiger partial charge in [0.25, 0.3) is 0 Å². The average molecular weight is 478 g/mol. The number of nitrogens with zero attached hydrogens (tertiary/aromatic N) is 3. The monoisotopic (exact) mass is 477 g/mol. The highest BCUT2D eigenvalue weighted by molar-refractivity contribution is 7.98. The Morgan fingerprint density at radius 3 is 2.42 bits per heavy atom. The normalized spacial score (nSPS) is 12.7. The van der Waals surface area contributed by atoms with Crippen molar-refractivity contribution < 1.29 is 14.6 Å². The highest BCUT2D eigenvalue weighted by atomic mass is 32.2. The van der Waals surface area contributed by atoms with Crippen molar-refractivity contribution in [3.05, 3.63) is 77.6 Å². The maximum Gasteiger partial charge on any atom is 0.356 e. The second kappa shape index (κ2) is 9.13. The van der Waals surface area contributed by atoms with E-state index in [1.165, 1.54) is 17.3 Å². The van der Waals surface area contributed by atoms with E-state index in [0.717, 1.165) is 11.1 Å². The third kappa shape index (κ3) is 4.33. The highest BCUT2D eigenvalue weighted by Crippen LogP contribution is 2.35. The summed E-state index contributed by atoms with van der Waals surface area (Å²) in [5.74, 6) is -0.544. The molecule has 1 atom stereocenters. The molecule has 0 spiro atoms. The molecule has 3 aromatic heterocycles. The average Bonchev–Trinajstić information content (AvgIpc) is 3.21. The van der Waals surface area contributed by atoms with E-state index < -0.39 is 20.1 Å². The van der Waals surface area contributed by atoms with Crippen LogP contribution in [0, 0.1) is 0 Å². The molecule has 0 amide bonds. The van der Waals surface area contributed by atoms with E-state index in [0.29, 0.717) is 17.0 Å². The Labute approximate surface area is 198 Å². The molecule has 33 heavy (non-hydrogen) atoms. The second-order valence-corrected chi connectivity index (χ2v) is 14.6. The van der Waals surface area contributed by atoms with Crippen molar-refractivity contribution in [3.8, 4) is 11.3 Å². The molecule has 1 unspecified atom stereocenters. The Bertz CT molecular complexity index is 1320. The van der Waals surface area contributed by atoms with Crippen LogP contribution in [0.15, 0.2) is 65.6 Å². The van der Waals surface area contributed by atoms with E-state index in [1.807, 2.05) is 40.9 Å². The lowest BCUT2D eigenvalue weighted by atomic mass is 9.99. The van der Waals surface area contributed by atoms with Crippen molar-refractivity contribution >= 4 is 36.6 Å². The Hall–Kier alpha value is -2.94. The fourth-order valence-corrected chi connectivity index (χ4v) is 7.35. The van der Waals surface area contributed by atoms with Gasteiger partial charge in [-0.25, -0.2) is 14.3 Å². The van der Waals surface area contributed by atoms with Crippen molar-refractivity contribution in [2.24, 2.45) is 0 Å². The van der Waals surface area contributed by atoms with Crippen LogP contribution in [-0.2, 0) is 4.74 Å². The molecule has 0 saturated heterocycles. The SMILES string of the molecule is COC(=O)c1cccc(C(O)c2c(-c3ccccc3)nn3c([Si](C)(C)C)c(SC)ccc23)n1. The summed E-state index contributed by atoms with van der Waals surface area (Å²) in [6, 6.07) is 18.9. The number of fused-ring (bicyclic) bond motifs is 1. The number of rotatable bonds is 6. The molecule has 0 aliphatic carbocycles. The number of ether oxygens (including phenoxy) is 1. The summed E-state index contributed by atoms with van der Waals surface area (Å²) in [5.41, 5.74) is 3.63. The van der Waals surface area contributed by atoms with Gasteiger partial charge in [-0.2, -0.15) is 5.10 Å². The Morgan fingerprint density at radius 2 is 1.79 bits per heavy atom. The first-order chi connectivity index (χ1) is 15.8. The number of methoxy groups -OCH3 is 1. The van der Waals surface area contributed by atoms with Crippen LogP contribution in [0.3, 0.4) is 0 Å². The Kier molecular flexibility index (Phi) is 6.42. The predicted octanol–water partition coefficient (Wildman–Crippen LogP) is 4.53. The van der Waals surface area contributed by atoms with Crippen LogP contribution < -0.4 is 5.32 Å². The lowest BCUT2D eigenvalue weighted by molar-refractivity contribution is 0.0593. The van der Waals surface area contributed by atoms with Crippen molar-refractivity contribution in [3.63, 3.8) is 0 Å². The zero-order valence-electron chi connectivity index (χ0n) is 19.4. The van der Waals surface area contributed by atoms with Crippen molar-refractivity contribution in [2.75, 3.05) is 13.4 Å². The molecule has 0 saturated carbocycles. The molecule has 4 aromatic rings. The fourth-order valence-electron chi connectivity index (χ4n) is 4.01. The summed E-state index contributed by atoms with van der Waals surface area (Å²) < 4.78 is 6.81. The number of aliphatic hydroxyl groups is 1. The Balaban J connectivity index is 2.02. The number of carbonyl (C=O) groups is 1. The van der Waals surface area contributed by atoms with Crippen molar-refractivity contribution in [1.82, 2.24) is 14.6 Å². The molecule has 0 radical (unpaired) electrons. The lowest BCUT2D eigenvalue weighted by Crippen LogP contribution is -2.44. The van der Waals surface area contributed by atoms with Gasteiger partial charge < -0.3 is 9.84 Å². The van der Waals surface area contributed by atoms with Crippen LogP contribution in [0.5, 0.6) is 0 Å². The first-order valence-electron chi connectivity index (χ1n) is 10.6. The number of aromatic nitrogens is 3. The maximum absolute atomic E-state index is 12.0. The highest BCUT2D eigenvalue weighted by Gasteiger charge is 2.30. The third-order valence-corrected chi connectivity index (χ3v) is 8.35. The van der Waals surface area contributed by atoms with Gasteiger partial charge in [0.15, 0.2) is 0 Å². The summed E-state index contributed by atoms with van der Waals surface area (Å²) in [6.07, 6.45) is 1.00. The molecule has 0 fully saturated rings. The number of pyridine rings is 2. The minimum atomic E-state index is -1.80. The number of thioether (sulfide) groups is 1. The summed E-state index contributed by atoms with van der Waals surface area (Å²) in [4.78, 5) is 17.6. The van der Waals surface area contributed by atoms with E-state index >= 15 is 0 Å². The molecule has 1 aromatic carbocycles. The summed E-state index contributed by atoms with van der Waals surface area (Å²) >= 11 is 1.71. The van der Waals surface area contributed by atoms with Crippen LogP contribution in [0.1, 0.15) is 27.8 Å². The first-order valence-corrected chi connectivity index (χ1v) is 15.4. The standard InChI is InChI=1S/C25H27N3O3SSi/c1-31-25(30)18-13-9-12-17(26-18)23(29)21-19-14-15-20(32-2)24(33(3,4)5)28(19)27-22(21)16-10-7-6-8-11-16/h6-15,23,29H,1-5H3. The number of hydrogen-bond acceptors (Lipinski definition) is 6. The number of benzene rings is 1. The smallest absolute Gasteiger partial charge is 0.356 e. The van der Waals surface area contributed by atoms with Crippen LogP contribution in [-0.4, -0.2) is 47.1 Å². The fraction of sp³-hybridized carbons (Fsp3) is 0.240. The molecule has 3 heterocycles. The summed E-state index contributed by atoms with van der Waals surface area (Å²) in [7, 11) is -0.483. The molecule has 4 rings (SSSR count). The minimum absolute atomic E-state index is 0.152. The van der Waals surface area contributed by atoms with Gasteiger partial charge in [-0.05, 0) is 30.5 Å². The van der Waals surface area contributed by atoms with E-state index in [2.05, 4.69) is 36.9 Å². The first kappa shape index (κ1) is 23.2. The van der Waals surface area contributed by atoms with Crippen LogP contribution in [0.4, 0.5) is 0 Å². The molecular weight excluding hydrogens is 450 g/mol. The number of esters is 1. The minimum Gasteiger partial charge on any atom is -0.464 e. The molecule has 6 nitrogen and oxygen atoms in total. The van der Waals surface area contributed by atoms with Crippen LogP contribution in [0.2, 0.25) is 19.6 Å². The zero-order chi connectivity index (χ0) is 23.8. The molecule has 170 valence electrons. The molecule has 1 N–H and O–H groups in total. The predicted molar refractivity (Wildman–Crippen MR) is 135 cm³/mol. The number of carbonyl (C=O) groups excluding carboxylic acids is 1. The largest absolute Gasteiger partial charge is 0.464 e. The lowest BCUT2D eigenvalue weighted by Gasteiger charge is -2.21. The van der Waals surface area contributed by atoms with Crippen molar-refractivity contribution in [1.29, 1.82) is 0 Å². The number of hydrogen-bond donors (Lipinski definition) is 1. The van der Waals surface area contributed by atoms with E-state index in [9.17, 15) is 9.90 Å². The molecule has 0 aliphatic rings. The Morgan fingerprint density at radius 1 is 1.06 bits per heavy atom. The van der Waals surface area contributed by atoms with Gasteiger partial charge >= 0.3 is 5.97 Å². The van der Waals surface area contributed by atoms with Crippen LogP contribution in [0.25, 0.3) is 16.8 Å². The maximum atomic E-state index is 12.0. The van der Waals surface area contributed by atoms with Gasteiger partial charge in [0.2, 0.25) is 0 Å². The van der Waals surface area contributed by atoms with Gasteiger partial charge in [-0.3, -0.25) is 0 Å². The van der Waals surface area contributed by atoms with E-state index in [4.69, 9.17) is 9.84 Å². The van der Waals surface area contributed by atoms with Crippen LogP contribution >= 0.6 is 11.8 Å². The van der Waals surface area contributed by atoms with Gasteiger partial charge in [-0.1, -0.05) is 56.0 Å². The summed E-state index contributed by atoms with van der Waals surface area (Å²) in [5, 5.41) is 17.8. The second-order valence-electron chi connectivity index (χ2n) is 8.77. The topological polar surface area (TPSA) is 76.7 Å². The molecule has 8 heteroatoms. The third-order valence-electron chi connectivity index (χ3n) is 5.49. The van der Waals surface area contributed by atoms with E-state index in [-0.39, 0.29) is 5.69 Å². The quantitative estimate of drug-likeness (QED) is 0.250. The number of aliphatic hydroxyl groups excluding tert-OH is 1. The molecule has 0 aliphatic heterocycles. The van der Waals surface area contributed by atoms with E-state index in [1.54, 1.807) is 30.0 Å². The van der Waals surface area contributed by atoms with Gasteiger partial charge in [0.1, 0.15) is 19.9 Å². The van der Waals surface area contributed by atoms with Gasteiger partial charge in [-0.15, -0.1) is 11.8 Å². The van der Waals surface area contributed by atoms with Crippen molar-refractivity contribution in [2.45, 2.75) is 30.6 Å². The van der Waals surface area contributed by atoms with Gasteiger partial charge in [0, 0.05) is 21.3 Å².